The Bertz CT molecular complexity index is 970. The molecule has 1 saturated heterocycles. The van der Waals surface area contributed by atoms with E-state index < -0.39 is 0 Å². The van der Waals surface area contributed by atoms with E-state index in [-0.39, 0.29) is 0 Å². The molecule has 2 N–H and O–H groups in total. The van der Waals surface area contributed by atoms with E-state index in [0.29, 0.717) is 24.1 Å². The van der Waals surface area contributed by atoms with Gasteiger partial charge < -0.3 is 25.0 Å². The molecule has 1 aromatic heterocycles. The second-order valence-corrected chi connectivity index (χ2v) is 8.22. The van der Waals surface area contributed by atoms with Crippen molar-refractivity contribution in [2.75, 3.05) is 50.5 Å². The molecule has 0 amide bonds. The fourth-order valence-electron chi connectivity index (χ4n) is 3.73. The van der Waals surface area contributed by atoms with Crippen LogP contribution in [0.25, 0.3) is 0 Å². The SMILES string of the molecule is C=N/C=C\C=C(/C)CCNc1ccnc(Nc2ccc(OC)c(OCCCN3CCCC3)c2)n1. The Morgan fingerprint density at radius 1 is 1.24 bits per heavy atom. The van der Waals surface area contributed by atoms with E-state index in [1.54, 1.807) is 19.5 Å². The molecule has 0 unspecified atom stereocenters. The van der Waals surface area contributed by atoms with Gasteiger partial charge in [0, 0.05) is 37.2 Å². The van der Waals surface area contributed by atoms with Gasteiger partial charge in [-0.15, -0.1) is 0 Å². The number of aliphatic imine (C=N–C) groups is 1. The molecule has 8 nitrogen and oxygen atoms in total. The number of aromatic nitrogens is 2. The predicted octanol–water partition coefficient (Wildman–Crippen LogP) is 5.06. The number of rotatable bonds is 14. The highest BCUT2D eigenvalue weighted by Crippen LogP contribution is 2.31. The van der Waals surface area contributed by atoms with E-state index in [1.165, 1.54) is 31.5 Å². The third-order valence-corrected chi connectivity index (χ3v) is 5.55. The van der Waals surface area contributed by atoms with Crippen LogP contribution < -0.4 is 20.1 Å². The first-order valence-corrected chi connectivity index (χ1v) is 11.8. The minimum Gasteiger partial charge on any atom is -0.493 e. The van der Waals surface area contributed by atoms with Crippen LogP contribution in [0.4, 0.5) is 17.5 Å². The lowest BCUT2D eigenvalue weighted by Gasteiger charge is -2.16. The third-order valence-electron chi connectivity index (χ3n) is 5.55. The number of benzene rings is 1. The van der Waals surface area contributed by atoms with Crippen LogP contribution >= 0.6 is 0 Å². The molecule has 0 spiro atoms. The van der Waals surface area contributed by atoms with Crippen LogP contribution in [0.15, 0.2) is 59.4 Å². The van der Waals surface area contributed by atoms with Crippen molar-refractivity contribution < 1.29 is 9.47 Å². The van der Waals surface area contributed by atoms with Gasteiger partial charge in [0.05, 0.1) is 13.7 Å². The fourth-order valence-corrected chi connectivity index (χ4v) is 3.73. The number of hydrogen-bond donors (Lipinski definition) is 2. The molecule has 2 heterocycles. The van der Waals surface area contributed by atoms with Gasteiger partial charge in [-0.05, 0) is 76.7 Å². The molecular weight excluding hydrogens is 428 g/mol. The molecule has 1 fully saturated rings. The van der Waals surface area contributed by atoms with E-state index >= 15 is 0 Å². The number of hydrogen-bond acceptors (Lipinski definition) is 8. The number of anilines is 3. The maximum absolute atomic E-state index is 6.04. The quantitative estimate of drug-likeness (QED) is 0.230. The molecule has 2 aromatic rings. The van der Waals surface area contributed by atoms with Crippen LogP contribution in [0.3, 0.4) is 0 Å². The first-order valence-electron chi connectivity index (χ1n) is 11.8. The minimum atomic E-state index is 0.516. The molecule has 0 bridgehead atoms. The standard InChI is InChI=1S/C26H36N6O2/c1-21(8-6-13-27-2)11-14-28-25-12-15-29-26(31-25)30-22-9-10-23(33-3)24(20-22)34-19-7-18-32-16-4-5-17-32/h6,8-10,12-13,15,20H,2,4-5,7,11,14,16-19H2,1,3H3,(H2,28,29,30,31)/b13-6-,21-8+. The summed E-state index contributed by atoms with van der Waals surface area (Å²) < 4.78 is 11.5. The first kappa shape index (κ1) is 25.2. The van der Waals surface area contributed by atoms with E-state index in [1.807, 2.05) is 36.4 Å². The Hall–Kier alpha value is -3.39. The summed E-state index contributed by atoms with van der Waals surface area (Å²) in [5.74, 6) is 2.71. The Kier molecular flexibility index (Phi) is 10.4. The van der Waals surface area contributed by atoms with E-state index in [0.717, 1.165) is 37.4 Å². The lowest BCUT2D eigenvalue weighted by molar-refractivity contribution is 0.254. The lowest BCUT2D eigenvalue weighted by Crippen LogP contribution is -2.21. The number of methoxy groups -OCH3 is 1. The van der Waals surface area contributed by atoms with Crippen LogP contribution in [0.5, 0.6) is 11.5 Å². The Labute approximate surface area is 202 Å². The Morgan fingerprint density at radius 2 is 2.09 bits per heavy atom. The summed E-state index contributed by atoms with van der Waals surface area (Å²) in [7, 11) is 1.65. The minimum absolute atomic E-state index is 0.516. The molecule has 0 saturated carbocycles. The molecule has 0 atom stereocenters. The molecule has 0 radical (unpaired) electrons. The van der Waals surface area contributed by atoms with Crippen molar-refractivity contribution in [2.45, 2.75) is 32.6 Å². The van der Waals surface area contributed by atoms with E-state index in [4.69, 9.17) is 9.47 Å². The second kappa shape index (κ2) is 14.0. The Balaban J connectivity index is 1.52. The zero-order chi connectivity index (χ0) is 24.0. The monoisotopic (exact) mass is 464 g/mol. The molecule has 1 aromatic carbocycles. The number of nitrogens with one attached hydrogen (secondary N) is 2. The highest BCUT2D eigenvalue weighted by atomic mass is 16.5. The summed E-state index contributed by atoms with van der Waals surface area (Å²) in [4.78, 5) is 15.1. The van der Waals surface area contributed by atoms with Crippen molar-refractivity contribution in [3.8, 4) is 11.5 Å². The van der Waals surface area contributed by atoms with Crippen LogP contribution in [0, 0.1) is 0 Å². The van der Waals surface area contributed by atoms with Crippen molar-refractivity contribution in [1.29, 1.82) is 0 Å². The van der Waals surface area contributed by atoms with Gasteiger partial charge in [0.1, 0.15) is 5.82 Å². The van der Waals surface area contributed by atoms with Crippen LogP contribution in [0.1, 0.15) is 32.6 Å². The third kappa shape index (κ3) is 8.51. The van der Waals surface area contributed by atoms with E-state index in [9.17, 15) is 0 Å². The van der Waals surface area contributed by atoms with Crippen molar-refractivity contribution in [3.05, 3.63) is 54.4 Å². The summed E-state index contributed by atoms with van der Waals surface area (Å²) >= 11 is 0. The summed E-state index contributed by atoms with van der Waals surface area (Å²) in [5.41, 5.74) is 2.08. The highest BCUT2D eigenvalue weighted by molar-refractivity contribution is 5.60. The molecule has 34 heavy (non-hydrogen) atoms. The van der Waals surface area contributed by atoms with Crippen LogP contribution in [-0.4, -0.2) is 61.5 Å². The number of ether oxygens (including phenoxy) is 2. The van der Waals surface area contributed by atoms with Crippen molar-refractivity contribution >= 4 is 24.2 Å². The maximum atomic E-state index is 6.04. The van der Waals surface area contributed by atoms with Gasteiger partial charge >= 0.3 is 0 Å². The number of nitrogens with zero attached hydrogens (tertiary/aromatic N) is 4. The summed E-state index contributed by atoms with van der Waals surface area (Å²) in [6.07, 6.45) is 11.8. The van der Waals surface area contributed by atoms with Gasteiger partial charge in [-0.1, -0.05) is 11.6 Å². The molecule has 3 rings (SSSR count). The van der Waals surface area contributed by atoms with Gasteiger partial charge in [-0.25, -0.2) is 4.98 Å². The first-order chi connectivity index (χ1) is 16.7. The van der Waals surface area contributed by atoms with Crippen LogP contribution in [0.2, 0.25) is 0 Å². The van der Waals surface area contributed by atoms with Crippen molar-refractivity contribution in [2.24, 2.45) is 4.99 Å². The highest BCUT2D eigenvalue weighted by Gasteiger charge is 2.11. The van der Waals surface area contributed by atoms with Gasteiger partial charge in [0.15, 0.2) is 11.5 Å². The number of likely N-dealkylation sites (tertiary alicyclic amines) is 1. The van der Waals surface area contributed by atoms with Gasteiger partial charge in [0.2, 0.25) is 5.95 Å². The predicted molar refractivity (Wildman–Crippen MR) is 140 cm³/mol. The second-order valence-electron chi connectivity index (χ2n) is 8.22. The zero-order valence-corrected chi connectivity index (χ0v) is 20.3. The lowest BCUT2D eigenvalue weighted by atomic mass is 10.2. The van der Waals surface area contributed by atoms with Gasteiger partial charge in [-0.2, -0.15) is 4.98 Å². The molecule has 182 valence electrons. The summed E-state index contributed by atoms with van der Waals surface area (Å²) in [6, 6.07) is 7.61. The number of allylic oxidation sites excluding steroid dienone is 2. The zero-order valence-electron chi connectivity index (χ0n) is 20.3. The average molecular weight is 465 g/mol. The smallest absolute Gasteiger partial charge is 0.229 e. The van der Waals surface area contributed by atoms with Crippen LogP contribution in [-0.2, 0) is 0 Å². The topological polar surface area (TPSA) is 83.9 Å². The maximum Gasteiger partial charge on any atom is 0.229 e. The largest absolute Gasteiger partial charge is 0.493 e. The molecule has 1 aliphatic rings. The molecule has 8 heteroatoms. The molecular formula is C26H36N6O2. The molecule has 1 aliphatic heterocycles. The fraction of sp³-hybridized carbons (Fsp3) is 0.423. The Morgan fingerprint density at radius 3 is 2.88 bits per heavy atom. The average Bonchev–Trinajstić information content (AvgIpc) is 3.36. The normalized spacial score (nSPS) is 14.4. The van der Waals surface area contributed by atoms with Crippen molar-refractivity contribution in [3.63, 3.8) is 0 Å². The van der Waals surface area contributed by atoms with Gasteiger partial charge in [0.25, 0.3) is 0 Å². The van der Waals surface area contributed by atoms with E-state index in [2.05, 4.69) is 44.1 Å². The molecule has 0 aliphatic carbocycles. The van der Waals surface area contributed by atoms with Crippen molar-refractivity contribution in [1.82, 2.24) is 14.9 Å². The summed E-state index contributed by atoms with van der Waals surface area (Å²) in [6.45, 7) is 10.4. The summed E-state index contributed by atoms with van der Waals surface area (Å²) in [5, 5.41) is 6.60. The van der Waals surface area contributed by atoms with Gasteiger partial charge in [-0.3, -0.25) is 4.99 Å².